The Morgan fingerprint density at radius 3 is 2.42 bits per heavy atom. The number of carbonyl (C=O) groups is 2. The number of hydrogen-bond acceptors (Lipinski definition) is 4. The van der Waals surface area contributed by atoms with Gasteiger partial charge >= 0.3 is 5.97 Å². The Kier molecular flexibility index (Phi) is 5.48. The molecule has 0 aromatic heterocycles. The van der Waals surface area contributed by atoms with Gasteiger partial charge in [-0.25, -0.2) is 0 Å². The number of morpholine rings is 1. The van der Waals surface area contributed by atoms with Gasteiger partial charge in [0, 0.05) is 32.7 Å². The van der Waals surface area contributed by atoms with Crippen molar-refractivity contribution in [2.75, 3.05) is 39.4 Å². The molecule has 0 aliphatic carbocycles. The summed E-state index contributed by atoms with van der Waals surface area (Å²) in [5.74, 6) is -1.48. The average Bonchev–Trinajstić information content (AvgIpc) is 2.62. The minimum atomic E-state index is -0.812. The molecule has 1 amide bonds. The zero-order chi connectivity index (χ0) is 16.9. The summed E-state index contributed by atoms with van der Waals surface area (Å²) in [5, 5.41) is 9.46. The maximum atomic E-state index is 12.8. The normalized spacial score (nSPS) is 25.4. The van der Waals surface area contributed by atoms with E-state index in [-0.39, 0.29) is 11.8 Å². The van der Waals surface area contributed by atoms with Crippen LogP contribution in [0.25, 0.3) is 0 Å². The van der Waals surface area contributed by atoms with Gasteiger partial charge < -0.3 is 14.7 Å². The molecule has 24 heavy (non-hydrogen) atoms. The summed E-state index contributed by atoms with van der Waals surface area (Å²) < 4.78 is 5.30. The number of hydrogen-bond donors (Lipinski definition) is 1. The molecule has 2 aliphatic heterocycles. The minimum absolute atomic E-state index is 0.0716. The van der Waals surface area contributed by atoms with Crippen LogP contribution in [0.15, 0.2) is 30.3 Å². The van der Waals surface area contributed by atoms with Crippen LogP contribution in [0.3, 0.4) is 0 Å². The van der Waals surface area contributed by atoms with Crippen molar-refractivity contribution >= 4 is 11.9 Å². The summed E-state index contributed by atoms with van der Waals surface area (Å²) in [5.41, 5.74) is 1.14. The zero-order valence-electron chi connectivity index (χ0n) is 13.8. The largest absolute Gasteiger partial charge is 0.481 e. The van der Waals surface area contributed by atoms with Crippen molar-refractivity contribution in [3.63, 3.8) is 0 Å². The van der Waals surface area contributed by atoms with Crippen molar-refractivity contribution in [2.24, 2.45) is 11.8 Å². The van der Waals surface area contributed by atoms with E-state index in [0.29, 0.717) is 52.4 Å². The maximum absolute atomic E-state index is 12.8. The molecule has 6 heteroatoms. The number of amides is 1. The highest BCUT2D eigenvalue weighted by Gasteiger charge is 2.37. The first-order chi connectivity index (χ1) is 11.6. The Morgan fingerprint density at radius 1 is 1.08 bits per heavy atom. The molecule has 0 bridgehead atoms. The van der Waals surface area contributed by atoms with Gasteiger partial charge in [0.15, 0.2) is 0 Å². The van der Waals surface area contributed by atoms with Crippen LogP contribution in [-0.4, -0.2) is 66.2 Å². The summed E-state index contributed by atoms with van der Waals surface area (Å²) in [4.78, 5) is 28.2. The first-order valence-corrected chi connectivity index (χ1v) is 8.49. The monoisotopic (exact) mass is 332 g/mol. The van der Waals surface area contributed by atoms with Crippen LogP contribution in [0.1, 0.15) is 12.0 Å². The predicted molar refractivity (Wildman–Crippen MR) is 88.4 cm³/mol. The van der Waals surface area contributed by atoms with E-state index >= 15 is 0 Å². The quantitative estimate of drug-likeness (QED) is 0.893. The van der Waals surface area contributed by atoms with E-state index in [2.05, 4.69) is 4.90 Å². The molecule has 1 aromatic rings. The molecule has 130 valence electrons. The van der Waals surface area contributed by atoms with Crippen LogP contribution in [0, 0.1) is 11.8 Å². The van der Waals surface area contributed by atoms with Gasteiger partial charge in [-0.05, 0) is 12.0 Å². The molecule has 3 rings (SSSR count). The molecule has 1 N–H and O–H groups in total. The standard InChI is InChI=1S/C18H24N2O4/c21-17(20-6-8-24-9-7-20)15-10-16(18(22)23)13-19(12-15)11-14-4-2-1-3-5-14/h1-5,15-16H,6-13H2,(H,22,23)/t15-,16-/m0/s1. The molecular weight excluding hydrogens is 308 g/mol. The number of nitrogens with zero attached hydrogens (tertiary/aromatic N) is 2. The van der Waals surface area contributed by atoms with Gasteiger partial charge in [-0.1, -0.05) is 30.3 Å². The lowest BCUT2D eigenvalue weighted by Gasteiger charge is -2.38. The lowest BCUT2D eigenvalue weighted by atomic mass is 9.87. The summed E-state index contributed by atoms with van der Waals surface area (Å²) >= 11 is 0. The van der Waals surface area contributed by atoms with Crippen molar-refractivity contribution in [2.45, 2.75) is 13.0 Å². The van der Waals surface area contributed by atoms with E-state index in [4.69, 9.17) is 4.74 Å². The Morgan fingerprint density at radius 2 is 1.75 bits per heavy atom. The average molecular weight is 332 g/mol. The van der Waals surface area contributed by atoms with Gasteiger partial charge in [-0.15, -0.1) is 0 Å². The SMILES string of the molecule is O=C(O)[C@H]1C[C@H](C(=O)N2CCOCC2)CN(Cc2ccccc2)C1. The van der Waals surface area contributed by atoms with E-state index in [1.54, 1.807) is 0 Å². The van der Waals surface area contributed by atoms with E-state index in [1.165, 1.54) is 0 Å². The number of carbonyl (C=O) groups excluding carboxylic acids is 1. The smallest absolute Gasteiger partial charge is 0.307 e. The number of carboxylic acid groups (broad SMARTS) is 1. The lowest BCUT2D eigenvalue weighted by molar-refractivity contribution is -0.149. The molecule has 2 saturated heterocycles. The van der Waals surface area contributed by atoms with E-state index in [9.17, 15) is 14.7 Å². The number of piperidine rings is 1. The molecule has 2 heterocycles. The third-order valence-corrected chi connectivity index (χ3v) is 4.80. The highest BCUT2D eigenvalue weighted by Crippen LogP contribution is 2.25. The molecule has 2 atom stereocenters. The van der Waals surface area contributed by atoms with Crippen molar-refractivity contribution < 1.29 is 19.4 Å². The fourth-order valence-electron chi connectivity index (χ4n) is 3.56. The van der Waals surface area contributed by atoms with Crippen LogP contribution in [-0.2, 0) is 20.9 Å². The molecule has 6 nitrogen and oxygen atoms in total. The van der Waals surface area contributed by atoms with Crippen molar-refractivity contribution in [3.8, 4) is 0 Å². The third kappa shape index (κ3) is 4.13. The second-order valence-corrected chi connectivity index (χ2v) is 6.59. The molecule has 0 saturated carbocycles. The number of benzene rings is 1. The number of ether oxygens (including phenoxy) is 1. The fraction of sp³-hybridized carbons (Fsp3) is 0.556. The second-order valence-electron chi connectivity index (χ2n) is 6.59. The predicted octanol–water partition coefficient (Wildman–Crippen LogP) is 1.07. The van der Waals surface area contributed by atoms with Crippen LogP contribution in [0.4, 0.5) is 0 Å². The highest BCUT2D eigenvalue weighted by atomic mass is 16.5. The van der Waals surface area contributed by atoms with Gasteiger partial charge in [0.2, 0.25) is 5.91 Å². The van der Waals surface area contributed by atoms with E-state index in [1.807, 2.05) is 35.2 Å². The molecule has 0 radical (unpaired) electrons. The molecule has 2 fully saturated rings. The van der Waals surface area contributed by atoms with Gasteiger partial charge in [0.1, 0.15) is 0 Å². The summed E-state index contributed by atoms with van der Waals surface area (Å²) in [6, 6.07) is 9.98. The highest BCUT2D eigenvalue weighted by molar-refractivity contribution is 5.80. The molecule has 2 aliphatic rings. The second kappa shape index (κ2) is 7.77. The number of rotatable bonds is 4. The molecule has 0 spiro atoms. The van der Waals surface area contributed by atoms with Gasteiger partial charge in [-0.3, -0.25) is 14.5 Å². The first-order valence-electron chi connectivity index (χ1n) is 8.49. The van der Waals surface area contributed by atoms with Gasteiger partial charge in [0.25, 0.3) is 0 Å². The summed E-state index contributed by atoms with van der Waals surface area (Å²) in [6.07, 6.45) is 0.427. The Hall–Kier alpha value is -1.92. The van der Waals surface area contributed by atoms with Gasteiger partial charge in [-0.2, -0.15) is 0 Å². The van der Waals surface area contributed by atoms with Crippen molar-refractivity contribution in [3.05, 3.63) is 35.9 Å². The minimum Gasteiger partial charge on any atom is -0.481 e. The molecular formula is C18H24N2O4. The maximum Gasteiger partial charge on any atom is 0.307 e. The van der Waals surface area contributed by atoms with Gasteiger partial charge in [0.05, 0.1) is 25.0 Å². The zero-order valence-corrected chi connectivity index (χ0v) is 13.8. The number of carboxylic acids is 1. The Balaban J connectivity index is 1.69. The Bertz CT molecular complexity index is 572. The Labute approximate surface area is 142 Å². The van der Waals surface area contributed by atoms with Crippen LogP contribution >= 0.6 is 0 Å². The summed E-state index contributed by atoms with van der Waals surface area (Å²) in [6.45, 7) is 4.13. The van der Waals surface area contributed by atoms with Crippen molar-refractivity contribution in [1.82, 2.24) is 9.80 Å². The van der Waals surface area contributed by atoms with Crippen LogP contribution in [0.5, 0.6) is 0 Å². The number of likely N-dealkylation sites (tertiary alicyclic amines) is 1. The first kappa shape index (κ1) is 16.9. The third-order valence-electron chi connectivity index (χ3n) is 4.80. The van der Waals surface area contributed by atoms with Crippen molar-refractivity contribution in [1.29, 1.82) is 0 Å². The summed E-state index contributed by atoms with van der Waals surface area (Å²) in [7, 11) is 0. The number of aliphatic carboxylic acids is 1. The lowest BCUT2D eigenvalue weighted by Crippen LogP contribution is -2.51. The molecule has 1 aromatic carbocycles. The van der Waals surface area contributed by atoms with Crippen LogP contribution in [0.2, 0.25) is 0 Å². The van der Waals surface area contributed by atoms with Crippen LogP contribution < -0.4 is 0 Å². The molecule has 0 unspecified atom stereocenters. The van der Waals surface area contributed by atoms with E-state index < -0.39 is 11.9 Å². The topological polar surface area (TPSA) is 70.1 Å². The fourth-order valence-corrected chi connectivity index (χ4v) is 3.56. The van der Waals surface area contributed by atoms with E-state index in [0.717, 1.165) is 5.56 Å².